The van der Waals surface area contributed by atoms with E-state index < -0.39 is 0 Å². The first-order valence-electron chi connectivity index (χ1n) is 6.94. The van der Waals surface area contributed by atoms with Crippen molar-refractivity contribution < 1.29 is 14.6 Å². The highest BCUT2D eigenvalue weighted by Crippen LogP contribution is 2.20. The van der Waals surface area contributed by atoms with Crippen LogP contribution in [0, 0.1) is 11.8 Å². The maximum absolute atomic E-state index is 11.9. The van der Waals surface area contributed by atoms with Crippen molar-refractivity contribution in [1.29, 1.82) is 0 Å². The Balaban J connectivity index is 2.66. The summed E-state index contributed by atoms with van der Waals surface area (Å²) in [5.74, 6) is 5.65. The molecule has 0 saturated heterocycles. The third-order valence-electron chi connectivity index (χ3n) is 2.61. The molecule has 1 amide bonds. The number of ether oxygens (including phenoxy) is 1. The Morgan fingerprint density at radius 2 is 2.29 bits per heavy atom. The molecule has 0 aliphatic carbocycles. The quantitative estimate of drug-likeness (QED) is 0.601. The average Bonchev–Trinajstić information content (AvgIpc) is 2.46. The monoisotopic (exact) mass is 309 g/mol. The lowest BCUT2D eigenvalue weighted by Crippen LogP contribution is -2.13. The van der Waals surface area contributed by atoms with Crippen LogP contribution in [0.5, 0.6) is 0 Å². The number of carbonyl (C=O) groups is 1. The van der Waals surface area contributed by atoms with Gasteiger partial charge in [-0.05, 0) is 31.5 Å². The Morgan fingerprint density at radius 3 is 3.00 bits per heavy atom. The van der Waals surface area contributed by atoms with E-state index in [1.165, 1.54) is 0 Å². The number of hydrogen-bond acceptors (Lipinski definition) is 3. The highest BCUT2D eigenvalue weighted by atomic mass is 35.5. The number of aliphatic hydroxyl groups is 1. The molecule has 114 valence electrons. The molecule has 21 heavy (non-hydrogen) atoms. The maximum atomic E-state index is 11.9. The number of rotatable bonds is 7. The summed E-state index contributed by atoms with van der Waals surface area (Å²) in [5.41, 5.74) is 1.28. The molecule has 0 aromatic heterocycles. The standard InChI is InChI=1S/C16H20ClNO3/c1-2-21-11-5-7-16(20)18-15-12-14(17)9-8-13(15)6-3-4-10-19/h8-9,12,19H,2,4-5,7,10-11H2,1H3,(H,18,20). The van der Waals surface area contributed by atoms with E-state index in [2.05, 4.69) is 17.2 Å². The predicted molar refractivity (Wildman–Crippen MR) is 84.4 cm³/mol. The second kappa shape index (κ2) is 10.2. The zero-order valence-corrected chi connectivity index (χ0v) is 12.9. The van der Waals surface area contributed by atoms with E-state index in [1.807, 2.05) is 6.92 Å². The van der Waals surface area contributed by atoms with Crippen LogP contribution in [-0.2, 0) is 9.53 Å². The molecule has 1 aromatic rings. The van der Waals surface area contributed by atoms with Crippen LogP contribution in [0.25, 0.3) is 0 Å². The van der Waals surface area contributed by atoms with Crippen LogP contribution in [0.2, 0.25) is 5.02 Å². The average molecular weight is 310 g/mol. The number of carbonyl (C=O) groups excluding carboxylic acids is 1. The number of aliphatic hydroxyl groups excluding tert-OH is 1. The van der Waals surface area contributed by atoms with Gasteiger partial charge in [0.05, 0.1) is 12.3 Å². The molecule has 0 aliphatic heterocycles. The summed E-state index contributed by atoms with van der Waals surface area (Å²) in [4.78, 5) is 11.9. The highest BCUT2D eigenvalue weighted by molar-refractivity contribution is 6.31. The molecule has 0 saturated carbocycles. The SMILES string of the molecule is CCOCCCC(=O)Nc1cc(Cl)ccc1C#CCCO. The van der Waals surface area contributed by atoms with E-state index in [0.717, 1.165) is 0 Å². The molecular weight excluding hydrogens is 290 g/mol. The number of hydrogen-bond donors (Lipinski definition) is 2. The minimum absolute atomic E-state index is 0.0136. The second-order valence-corrected chi connectivity index (χ2v) is 4.75. The molecule has 0 spiro atoms. The number of nitrogens with one attached hydrogen (secondary N) is 1. The summed E-state index contributed by atoms with van der Waals surface area (Å²) in [6.45, 7) is 3.16. The summed E-state index contributed by atoms with van der Waals surface area (Å²) in [6.07, 6.45) is 1.45. The lowest BCUT2D eigenvalue weighted by molar-refractivity contribution is -0.116. The lowest BCUT2D eigenvalue weighted by atomic mass is 10.1. The van der Waals surface area contributed by atoms with Gasteiger partial charge in [0.15, 0.2) is 0 Å². The molecule has 5 heteroatoms. The van der Waals surface area contributed by atoms with Gasteiger partial charge < -0.3 is 15.2 Å². The summed E-state index contributed by atoms with van der Waals surface area (Å²) in [7, 11) is 0. The molecule has 0 aliphatic rings. The highest BCUT2D eigenvalue weighted by Gasteiger charge is 2.06. The molecular formula is C16H20ClNO3. The van der Waals surface area contributed by atoms with Crippen molar-refractivity contribution in [3.8, 4) is 11.8 Å². The number of benzene rings is 1. The maximum Gasteiger partial charge on any atom is 0.224 e. The molecule has 0 bridgehead atoms. The van der Waals surface area contributed by atoms with Gasteiger partial charge in [-0.2, -0.15) is 0 Å². The third kappa shape index (κ3) is 7.14. The van der Waals surface area contributed by atoms with Gasteiger partial charge in [0.1, 0.15) is 0 Å². The molecule has 1 rings (SSSR count). The Morgan fingerprint density at radius 1 is 1.48 bits per heavy atom. The molecule has 0 atom stereocenters. The third-order valence-corrected chi connectivity index (χ3v) is 2.85. The van der Waals surface area contributed by atoms with Crippen molar-refractivity contribution in [1.82, 2.24) is 0 Å². The van der Waals surface area contributed by atoms with Crippen LogP contribution < -0.4 is 5.32 Å². The van der Waals surface area contributed by atoms with Crippen molar-refractivity contribution in [2.45, 2.75) is 26.2 Å². The van der Waals surface area contributed by atoms with Gasteiger partial charge in [0.25, 0.3) is 0 Å². The Hall–Kier alpha value is -1.54. The smallest absolute Gasteiger partial charge is 0.224 e. The fraction of sp³-hybridized carbons (Fsp3) is 0.438. The van der Waals surface area contributed by atoms with E-state index in [0.29, 0.717) is 48.7 Å². The summed E-state index contributed by atoms with van der Waals surface area (Å²) < 4.78 is 5.20. The molecule has 1 aromatic carbocycles. The van der Waals surface area contributed by atoms with Gasteiger partial charge >= 0.3 is 0 Å². The Labute approximate surface area is 130 Å². The van der Waals surface area contributed by atoms with Gasteiger partial charge in [0.2, 0.25) is 5.91 Å². The van der Waals surface area contributed by atoms with Gasteiger partial charge in [-0.1, -0.05) is 23.4 Å². The molecule has 0 unspecified atom stereocenters. The van der Waals surface area contributed by atoms with E-state index in [1.54, 1.807) is 18.2 Å². The van der Waals surface area contributed by atoms with Crippen LogP contribution in [0.1, 0.15) is 31.7 Å². The van der Waals surface area contributed by atoms with Gasteiger partial charge in [-0.15, -0.1) is 0 Å². The molecule has 4 nitrogen and oxygen atoms in total. The van der Waals surface area contributed by atoms with E-state index in [-0.39, 0.29) is 12.5 Å². The van der Waals surface area contributed by atoms with Gasteiger partial charge in [0, 0.05) is 36.6 Å². The van der Waals surface area contributed by atoms with Crippen molar-refractivity contribution in [2.24, 2.45) is 0 Å². The van der Waals surface area contributed by atoms with E-state index in [4.69, 9.17) is 21.4 Å². The van der Waals surface area contributed by atoms with Gasteiger partial charge in [-0.25, -0.2) is 0 Å². The zero-order chi connectivity index (χ0) is 15.5. The van der Waals surface area contributed by atoms with Crippen LogP contribution in [0.4, 0.5) is 5.69 Å². The number of halogens is 1. The first-order valence-corrected chi connectivity index (χ1v) is 7.32. The molecule has 0 fully saturated rings. The van der Waals surface area contributed by atoms with Crippen LogP contribution >= 0.6 is 11.6 Å². The molecule has 0 heterocycles. The van der Waals surface area contributed by atoms with Crippen molar-refractivity contribution in [3.05, 3.63) is 28.8 Å². The predicted octanol–water partition coefficient (Wildman–Crippen LogP) is 2.83. The number of anilines is 1. The first kappa shape index (κ1) is 17.5. The summed E-state index contributed by atoms with van der Waals surface area (Å²) in [6, 6.07) is 5.14. The minimum Gasteiger partial charge on any atom is -0.395 e. The largest absolute Gasteiger partial charge is 0.395 e. The number of amides is 1. The fourth-order valence-electron chi connectivity index (χ4n) is 1.63. The second-order valence-electron chi connectivity index (χ2n) is 4.31. The van der Waals surface area contributed by atoms with E-state index in [9.17, 15) is 4.79 Å². The molecule has 2 N–H and O–H groups in total. The fourth-order valence-corrected chi connectivity index (χ4v) is 1.81. The van der Waals surface area contributed by atoms with Crippen LogP contribution in [0.15, 0.2) is 18.2 Å². The molecule has 0 radical (unpaired) electrons. The van der Waals surface area contributed by atoms with E-state index >= 15 is 0 Å². The first-order chi connectivity index (χ1) is 10.2. The van der Waals surface area contributed by atoms with Crippen LogP contribution in [0.3, 0.4) is 0 Å². The Kier molecular flexibility index (Phi) is 8.53. The van der Waals surface area contributed by atoms with Gasteiger partial charge in [-0.3, -0.25) is 4.79 Å². The topological polar surface area (TPSA) is 58.6 Å². The minimum atomic E-state index is -0.0952. The zero-order valence-electron chi connectivity index (χ0n) is 12.1. The summed E-state index contributed by atoms with van der Waals surface area (Å²) in [5, 5.41) is 12.1. The van der Waals surface area contributed by atoms with Crippen LogP contribution in [-0.4, -0.2) is 30.8 Å². The van der Waals surface area contributed by atoms with Crippen molar-refractivity contribution >= 4 is 23.2 Å². The van der Waals surface area contributed by atoms with Crippen molar-refractivity contribution in [2.75, 3.05) is 25.1 Å². The lowest BCUT2D eigenvalue weighted by Gasteiger charge is -2.08. The summed E-state index contributed by atoms with van der Waals surface area (Å²) >= 11 is 5.95. The normalized spacial score (nSPS) is 9.86. The van der Waals surface area contributed by atoms with Crippen molar-refractivity contribution in [3.63, 3.8) is 0 Å². The Bertz CT molecular complexity index is 520.